The Morgan fingerprint density at radius 2 is 1.77 bits per heavy atom. The molecule has 0 radical (unpaired) electrons. The highest BCUT2D eigenvalue weighted by Gasteiger charge is 2.28. The predicted octanol–water partition coefficient (Wildman–Crippen LogP) is 6.23. The third-order valence-corrected chi connectivity index (χ3v) is 9.66. The van der Waals surface area contributed by atoms with Crippen LogP contribution < -0.4 is 9.92 Å². The number of benzene rings is 2. The van der Waals surface area contributed by atoms with Gasteiger partial charge in [0, 0.05) is 23.7 Å². The van der Waals surface area contributed by atoms with Crippen LogP contribution in [0.5, 0.6) is 5.75 Å². The molecule has 2 rings (SSSR count). The van der Waals surface area contributed by atoms with E-state index in [9.17, 15) is 18.7 Å². The Hall–Kier alpha value is -2.51. The van der Waals surface area contributed by atoms with Gasteiger partial charge in [0.05, 0.1) is 21.3 Å². The van der Waals surface area contributed by atoms with Gasteiger partial charge < -0.3 is 14.6 Å². The molecule has 192 valence electrons. The van der Waals surface area contributed by atoms with Gasteiger partial charge in [-0.05, 0) is 42.6 Å². The predicted molar refractivity (Wildman–Crippen MR) is 140 cm³/mol. The first-order chi connectivity index (χ1) is 16.6. The smallest absolute Gasteiger partial charge is 0.333 e. The maximum absolute atomic E-state index is 15.0. The Labute approximate surface area is 209 Å². The zero-order valence-electron chi connectivity index (χ0n) is 21.3. The zero-order valence-corrected chi connectivity index (χ0v) is 22.3. The number of halogens is 2. The van der Waals surface area contributed by atoms with E-state index < -0.39 is 25.7 Å². The SMILES string of the molecule is C=C(C)C(=O)OCC(CO)CCCOc1ccc(-c2ccc([Si](C)(C)CCCC)c(F)c2F)cc1. The van der Waals surface area contributed by atoms with Gasteiger partial charge >= 0.3 is 5.97 Å². The van der Waals surface area contributed by atoms with Crippen molar-refractivity contribution in [2.45, 2.75) is 58.7 Å². The third-order valence-electron chi connectivity index (χ3n) is 6.21. The van der Waals surface area contributed by atoms with Gasteiger partial charge in [-0.1, -0.05) is 69.7 Å². The standard InChI is InChI=1S/C28H38F2O4Si/c1-6-7-17-35(4,5)25-15-14-24(26(29)27(25)30)22-10-12-23(13-11-22)33-16-8-9-21(18-31)19-34-28(32)20(2)3/h10-15,21,31H,2,6-9,16-19H2,1,3-5H3. The Bertz CT molecular complexity index is 989. The van der Waals surface area contributed by atoms with Crippen molar-refractivity contribution in [3.05, 3.63) is 60.2 Å². The zero-order chi connectivity index (χ0) is 26.0. The highest BCUT2D eigenvalue weighted by Crippen LogP contribution is 2.28. The first-order valence-corrected chi connectivity index (χ1v) is 15.5. The minimum absolute atomic E-state index is 0.0860. The van der Waals surface area contributed by atoms with E-state index in [4.69, 9.17) is 9.47 Å². The van der Waals surface area contributed by atoms with Crippen molar-refractivity contribution in [1.82, 2.24) is 0 Å². The van der Waals surface area contributed by atoms with Crippen LogP contribution in [-0.4, -0.2) is 39.0 Å². The monoisotopic (exact) mass is 504 g/mol. The van der Waals surface area contributed by atoms with Crippen LogP contribution in [0, 0.1) is 17.6 Å². The molecule has 2 aromatic carbocycles. The number of hydrogen-bond donors (Lipinski definition) is 1. The molecule has 35 heavy (non-hydrogen) atoms. The lowest BCUT2D eigenvalue weighted by Gasteiger charge is -2.24. The molecule has 1 N–H and O–H groups in total. The molecule has 0 aliphatic carbocycles. The summed E-state index contributed by atoms with van der Waals surface area (Å²) in [5, 5.41) is 10.0. The molecule has 0 aliphatic rings. The second kappa shape index (κ2) is 13.5. The molecule has 2 aromatic rings. The van der Waals surface area contributed by atoms with Crippen molar-refractivity contribution in [3.8, 4) is 16.9 Å². The van der Waals surface area contributed by atoms with E-state index >= 15 is 0 Å². The summed E-state index contributed by atoms with van der Waals surface area (Å²) in [7, 11) is -2.03. The second-order valence-corrected chi connectivity index (χ2v) is 14.5. The molecule has 0 fully saturated rings. The van der Waals surface area contributed by atoms with Gasteiger partial charge in [-0.15, -0.1) is 0 Å². The van der Waals surface area contributed by atoms with E-state index in [0.29, 0.717) is 41.5 Å². The summed E-state index contributed by atoms with van der Waals surface area (Å²) in [6.45, 7) is 11.9. The number of rotatable bonds is 14. The van der Waals surface area contributed by atoms with Crippen LogP contribution >= 0.6 is 0 Å². The van der Waals surface area contributed by atoms with Crippen LogP contribution in [0.15, 0.2) is 48.6 Å². The summed E-state index contributed by atoms with van der Waals surface area (Å²) in [5.41, 5.74) is 1.16. The lowest BCUT2D eigenvalue weighted by molar-refractivity contribution is -0.140. The number of esters is 1. The third kappa shape index (κ3) is 8.28. The van der Waals surface area contributed by atoms with Gasteiger partial charge in [0.15, 0.2) is 11.6 Å². The molecule has 0 saturated carbocycles. The first kappa shape index (κ1) is 28.7. The Balaban J connectivity index is 1.94. The van der Waals surface area contributed by atoms with Crippen molar-refractivity contribution in [2.24, 2.45) is 5.92 Å². The Kier molecular flexibility index (Phi) is 11.1. The maximum atomic E-state index is 15.0. The minimum Gasteiger partial charge on any atom is -0.494 e. The van der Waals surface area contributed by atoms with Crippen molar-refractivity contribution in [2.75, 3.05) is 19.8 Å². The van der Waals surface area contributed by atoms with Crippen LogP contribution in [0.1, 0.15) is 39.5 Å². The molecule has 4 nitrogen and oxygen atoms in total. The molecule has 0 spiro atoms. The Morgan fingerprint density at radius 1 is 1.09 bits per heavy atom. The molecule has 0 saturated heterocycles. The summed E-state index contributed by atoms with van der Waals surface area (Å²) in [6.07, 6.45) is 3.36. The van der Waals surface area contributed by atoms with Gasteiger partial charge in [0.25, 0.3) is 0 Å². The van der Waals surface area contributed by atoms with E-state index in [1.165, 1.54) is 0 Å². The van der Waals surface area contributed by atoms with Crippen LogP contribution in [0.3, 0.4) is 0 Å². The average molecular weight is 505 g/mol. The summed E-state index contributed by atoms with van der Waals surface area (Å²) in [4.78, 5) is 11.5. The number of hydrogen-bond acceptors (Lipinski definition) is 4. The molecule has 0 amide bonds. The van der Waals surface area contributed by atoms with Gasteiger partial charge in [-0.3, -0.25) is 0 Å². The molecule has 0 bridgehead atoms. The Morgan fingerprint density at radius 3 is 2.37 bits per heavy atom. The van der Waals surface area contributed by atoms with E-state index in [2.05, 4.69) is 26.6 Å². The lowest BCUT2D eigenvalue weighted by atomic mass is 10.0. The fourth-order valence-electron chi connectivity index (χ4n) is 3.89. The van der Waals surface area contributed by atoms with Crippen LogP contribution in [0.25, 0.3) is 11.1 Å². The van der Waals surface area contributed by atoms with Crippen molar-refractivity contribution in [1.29, 1.82) is 0 Å². The molecule has 0 aromatic heterocycles. The lowest BCUT2D eigenvalue weighted by Crippen LogP contribution is -2.43. The quantitative estimate of drug-likeness (QED) is 0.143. The number of aliphatic hydroxyl groups excluding tert-OH is 1. The van der Waals surface area contributed by atoms with Crippen LogP contribution in [0.4, 0.5) is 8.78 Å². The topological polar surface area (TPSA) is 55.8 Å². The fourth-order valence-corrected chi connectivity index (χ4v) is 6.63. The van der Waals surface area contributed by atoms with Crippen LogP contribution in [-0.2, 0) is 9.53 Å². The van der Waals surface area contributed by atoms with Gasteiger partial charge in [0.2, 0.25) is 0 Å². The summed E-state index contributed by atoms with van der Waals surface area (Å²) < 4.78 is 40.8. The molecule has 1 unspecified atom stereocenters. The summed E-state index contributed by atoms with van der Waals surface area (Å²) in [5.74, 6) is -1.53. The maximum Gasteiger partial charge on any atom is 0.333 e. The number of unbranched alkanes of at least 4 members (excludes halogenated alkanes) is 1. The molecule has 0 heterocycles. The number of aliphatic hydroxyl groups is 1. The van der Waals surface area contributed by atoms with Crippen molar-refractivity contribution >= 4 is 19.2 Å². The van der Waals surface area contributed by atoms with Crippen LogP contribution in [0.2, 0.25) is 19.1 Å². The van der Waals surface area contributed by atoms with E-state index in [0.717, 1.165) is 18.9 Å². The highest BCUT2D eigenvalue weighted by molar-refractivity contribution is 6.89. The summed E-state index contributed by atoms with van der Waals surface area (Å²) >= 11 is 0. The van der Waals surface area contributed by atoms with Gasteiger partial charge in [-0.25, -0.2) is 13.6 Å². The molecule has 0 aliphatic heterocycles. The number of carbonyl (C=O) groups is 1. The molecule has 1 atom stereocenters. The molecular weight excluding hydrogens is 466 g/mol. The van der Waals surface area contributed by atoms with E-state index in [1.54, 1.807) is 43.3 Å². The molecule has 7 heteroatoms. The van der Waals surface area contributed by atoms with Gasteiger partial charge in [0.1, 0.15) is 5.75 Å². The largest absolute Gasteiger partial charge is 0.494 e. The first-order valence-electron chi connectivity index (χ1n) is 12.3. The average Bonchev–Trinajstić information content (AvgIpc) is 2.84. The number of carbonyl (C=O) groups excluding carboxylic acids is 1. The summed E-state index contributed by atoms with van der Waals surface area (Å²) in [6, 6.07) is 11.3. The van der Waals surface area contributed by atoms with Gasteiger partial charge in [-0.2, -0.15) is 0 Å². The van der Waals surface area contributed by atoms with E-state index in [1.807, 2.05) is 0 Å². The minimum atomic E-state index is -2.03. The fraction of sp³-hybridized carbons (Fsp3) is 0.464. The van der Waals surface area contributed by atoms with E-state index in [-0.39, 0.29) is 24.7 Å². The number of ether oxygens (including phenoxy) is 2. The second-order valence-electron chi connectivity index (χ2n) is 9.72. The van der Waals surface area contributed by atoms with Crippen molar-refractivity contribution in [3.63, 3.8) is 0 Å². The molecular formula is C28H38F2O4Si. The highest BCUT2D eigenvalue weighted by atomic mass is 28.3. The normalized spacial score (nSPS) is 12.3. The van der Waals surface area contributed by atoms with Crippen molar-refractivity contribution < 1.29 is 28.2 Å².